The Morgan fingerprint density at radius 3 is 1.53 bits per heavy atom. The number of hydrogen-bond acceptors (Lipinski definition) is 0. The zero-order valence-corrected chi connectivity index (χ0v) is 9.33. The number of nitrogens with zero attached hydrogens (tertiary/aromatic N) is 2. The lowest BCUT2D eigenvalue weighted by molar-refractivity contribution is -0.161. The molecule has 0 spiro atoms. The first-order valence-corrected chi connectivity index (χ1v) is 5.13. The van der Waals surface area contributed by atoms with Crippen LogP contribution in [0.2, 0.25) is 0 Å². The van der Waals surface area contributed by atoms with Crippen molar-refractivity contribution in [3.05, 3.63) is 48.0 Å². The summed E-state index contributed by atoms with van der Waals surface area (Å²) in [6, 6.07) is 3.25. The Hall–Kier alpha value is -1.86. The molecule has 2 heterocycles. The fourth-order valence-electron chi connectivity index (χ4n) is 1.69. The van der Waals surface area contributed by atoms with E-state index in [0.29, 0.717) is 12.4 Å². The topological polar surface area (TPSA) is 9.86 Å². The molecule has 2 aromatic rings. The summed E-state index contributed by atoms with van der Waals surface area (Å²) in [5.41, 5.74) is -3.35. The third kappa shape index (κ3) is 2.94. The van der Waals surface area contributed by atoms with E-state index in [9.17, 15) is 26.3 Å². The molecular formula is C11H8F6N2. The van der Waals surface area contributed by atoms with Gasteiger partial charge in [0.25, 0.3) is 0 Å². The highest BCUT2D eigenvalue weighted by molar-refractivity contribution is 5.30. The molecule has 0 aliphatic rings. The molecule has 2 rings (SSSR count). The summed E-state index contributed by atoms with van der Waals surface area (Å²) in [6.07, 6.45) is -6.06. The van der Waals surface area contributed by atoms with Crippen LogP contribution in [0.4, 0.5) is 26.3 Å². The highest BCUT2D eigenvalue weighted by Gasteiger charge is 2.44. The summed E-state index contributed by atoms with van der Waals surface area (Å²) in [6.45, 7) is -0.119. The summed E-state index contributed by atoms with van der Waals surface area (Å²) >= 11 is 0. The van der Waals surface area contributed by atoms with Gasteiger partial charge in [0, 0.05) is 24.8 Å². The minimum atomic E-state index is -5.03. The van der Waals surface area contributed by atoms with Gasteiger partial charge in [-0.25, -0.2) is 0 Å². The molecule has 0 atom stereocenters. The number of aromatic nitrogens is 2. The average Bonchev–Trinajstić information content (AvgIpc) is 2.84. The van der Waals surface area contributed by atoms with Crippen LogP contribution in [0.3, 0.4) is 0 Å². The zero-order chi connectivity index (χ0) is 14.3. The van der Waals surface area contributed by atoms with Crippen LogP contribution < -0.4 is 0 Å². The van der Waals surface area contributed by atoms with Gasteiger partial charge in [-0.2, -0.15) is 26.3 Å². The summed E-state index contributed by atoms with van der Waals surface area (Å²) in [5, 5.41) is 0. The second kappa shape index (κ2) is 4.36. The normalized spacial score (nSPS) is 12.9. The van der Waals surface area contributed by atoms with Gasteiger partial charge in [-0.15, -0.1) is 0 Å². The molecule has 0 bridgehead atoms. The molecule has 0 aliphatic carbocycles. The van der Waals surface area contributed by atoms with E-state index in [-0.39, 0.29) is 6.67 Å². The molecule has 104 valence electrons. The summed E-state index contributed by atoms with van der Waals surface area (Å²) in [7, 11) is 0. The van der Waals surface area contributed by atoms with Crippen molar-refractivity contribution in [2.45, 2.75) is 19.0 Å². The highest BCUT2D eigenvalue weighted by Crippen LogP contribution is 2.40. The minimum absolute atomic E-state index is 0.119. The van der Waals surface area contributed by atoms with E-state index in [1.807, 2.05) is 0 Å². The standard InChI is InChI=1S/C11H8F6N2/c12-10(13,14)8-5-19(6-9(8)11(15,16)17)7-18-3-1-2-4-18/h1-6H,7H2. The summed E-state index contributed by atoms with van der Waals surface area (Å²) in [4.78, 5) is 0. The van der Waals surface area contributed by atoms with E-state index < -0.39 is 23.5 Å². The molecule has 0 unspecified atom stereocenters. The summed E-state index contributed by atoms with van der Waals surface area (Å²) < 4.78 is 77.6. The van der Waals surface area contributed by atoms with Gasteiger partial charge in [-0.1, -0.05) is 0 Å². The van der Waals surface area contributed by atoms with Crippen LogP contribution in [0.5, 0.6) is 0 Å². The van der Waals surface area contributed by atoms with Crippen LogP contribution in [-0.2, 0) is 19.0 Å². The Morgan fingerprint density at radius 2 is 1.16 bits per heavy atom. The number of hydrogen-bond donors (Lipinski definition) is 0. The number of rotatable bonds is 2. The maximum atomic E-state index is 12.6. The molecule has 0 radical (unpaired) electrons. The minimum Gasteiger partial charge on any atom is -0.336 e. The molecule has 2 aromatic heterocycles. The van der Waals surface area contributed by atoms with Gasteiger partial charge in [0.05, 0.1) is 17.8 Å². The van der Waals surface area contributed by atoms with Gasteiger partial charge in [0.2, 0.25) is 0 Å². The molecule has 0 N–H and O–H groups in total. The highest BCUT2D eigenvalue weighted by atomic mass is 19.4. The fourth-order valence-corrected chi connectivity index (χ4v) is 1.69. The van der Waals surface area contributed by atoms with Crippen molar-refractivity contribution in [2.75, 3.05) is 0 Å². The van der Waals surface area contributed by atoms with Crippen molar-refractivity contribution >= 4 is 0 Å². The van der Waals surface area contributed by atoms with E-state index in [1.165, 1.54) is 4.57 Å². The van der Waals surface area contributed by atoms with Crippen molar-refractivity contribution in [3.63, 3.8) is 0 Å². The van der Waals surface area contributed by atoms with Gasteiger partial charge < -0.3 is 9.13 Å². The van der Waals surface area contributed by atoms with Gasteiger partial charge in [-0.05, 0) is 12.1 Å². The van der Waals surface area contributed by atoms with E-state index in [1.54, 1.807) is 24.5 Å². The van der Waals surface area contributed by atoms with Crippen LogP contribution in [0.1, 0.15) is 11.1 Å². The predicted molar refractivity (Wildman–Crippen MR) is 54.3 cm³/mol. The van der Waals surface area contributed by atoms with Crippen LogP contribution >= 0.6 is 0 Å². The third-order valence-electron chi connectivity index (χ3n) is 2.48. The van der Waals surface area contributed by atoms with E-state index in [4.69, 9.17) is 0 Å². The van der Waals surface area contributed by atoms with Gasteiger partial charge >= 0.3 is 12.4 Å². The van der Waals surface area contributed by atoms with E-state index >= 15 is 0 Å². The van der Waals surface area contributed by atoms with Gasteiger partial charge in [0.1, 0.15) is 0 Å². The van der Waals surface area contributed by atoms with E-state index in [0.717, 1.165) is 4.57 Å². The Morgan fingerprint density at radius 1 is 0.737 bits per heavy atom. The Labute approximate surface area is 103 Å². The first kappa shape index (κ1) is 13.6. The second-order valence-electron chi connectivity index (χ2n) is 3.93. The Kier molecular flexibility index (Phi) is 3.11. The van der Waals surface area contributed by atoms with Crippen molar-refractivity contribution in [2.24, 2.45) is 0 Å². The molecule has 0 saturated carbocycles. The second-order valence-corrected chi connectivity index (χ2v) is 3.93. The van der Waals surface area contributed by atoms with Crippen LogP contribution in [0.25, 0.3) is 0 Å². The van der Waals surface area contributed by atoms with Crippen molar-refractivity contribution in [1.82, 2.24) is 9.13 Å². The fraction of sp³-hybridized carbons (Fsp3) is 0.273. The summed E-state index contributed by atoms with van der Waals surface area (Å²) in [5.74, 6) is 0. The zero-order valence-electron chi connectivity index (χ0n) is 9.33. The lowest BCUT2D eigenvalue weighted by Crippen LogP contribution is -2.13. The predicted octanol–water partition coefficient (Wildman–Crippen LogP) is 3.83. The van der Waals surface area contributed by atoms with Crippen molar-refractivity contribution in [1.29, 1.82) is 0 Å². The lowest BCUT2D eigenvalue weighted by atomic mass is 10.2. The molecule has 0 fully saturated rings. The number of halogens is 6. The first-order valence-electron chi connectivity index (χ1n) is 5.13. The maximum Gasteiger partial charge on any atom is 0.418 e. The monoisotopic (exact) mass is 282 g/mol. The van der Waals surface area contributed by atoms with Gasteiger partial charge in [0.15, 0.2) is 0 Å². The Balaban J connectivity index is 2.40. The maximum absolute atomic E-state index is 12.6. The van der Waals surface area contributed by atoms with Crippen molar-refractivity contribution in [3.8, 4) is 0 Å². The molecule has 0 aliphatic heterocycles. The quantitative estimate of drug-likeness (QED) is 0.741. The van der Waals surface area contributed by atoms with Crippen molar-refractivity contribution < 1.29 is 26.3 Å². The molecule has 2 nitrogen and oxygen atoms in total. The average molecular weight is 282 g/mol. The molecule has 0 saturated heterocycles. The van der Waals surface area contributed by atoms with E-state index in [2.05, 4.69) is 0 Å². The first-order chi connectivity index (χ1) is 8.68. The Bertz CT molecular complexity index is 515. The molecule has 0 aromatic carbocycles. The smallest absolute Gasteiger partial charge is 0.336 e. The largest absolute Gasteiger partial charge is 0.418 e. The van der Waals surface area contributed by atoms with Crippen LogP contribution in [0, 0.1) is 0 Å². The molecule has 0 amide bonds. The SMILES string of the molecule is FC(F)(F)c1cn(Cn2cccc2)cc1C(F)(F)F. The molecule has 19 heavy (non-hydrogen) atoms. The van der Waals surface area contributed by atoms with Crippen LogP contribution in [-0.4, -0.2) is 9.13 Å². The third-order valence-corrected chi connectivity index (χ3v) is 2.48. The number of alkyl halides is 6. The molecular weight excluding hydrogens is 274 g/mol. The van der Waals surface area contributed by atoms with Gasteiger partial charge in [-0.3, -0.25) is 0 Å². The lowest BCUT2D eigenvalue weighted by Gasteiger charge is -2.09. The van der Waals surface area contributed by atoms with Crippen LogP contribution in [0.15, 0.2) is 36.9 Å². The molecule has 8 heteroatoms.